The molecular formula is C19H20N4O2. The second-order valence-electron chi connectivity index (χ2n) is 6.53. The average Bonchev–Trinajstić information content (AvgIpc) is 3.20. The number of para-hydroxylation sites is 2. The number of carbonyl (C=O) groups is 1. The third-order valence-corrected chi connectivity index (χ3v) is 4.91. The molecule has 0 saturated carbocycles. The maximum atomic E-state index is 11.2. The van der Waals surface area contributed by atoms with Gasteiger partial charge in [-0.25, -0.2) is 9.78 Å². The fourth-order valence-electron chi connectivity index (χ4n) is 3.70. The van der Waals surface area contributed by atoms with Gasteiger partial charge < -0.3 is 9.67 Å². The minimum atomic E-state index is -0.942. The van der Waals surface area contributed by atoms with Crippen LogP contribution < -0.4 is 0 Å². The van der Waals surface area contributed by atoms with Crippen LogP contribution in [-0.4, -0.2) is 37.1 Å². The molecule has 128 valence electrons. The second-order valence-corrected chi connectivity index (χ2v) is 6.53. The quantitative estimate of drug-likeness (QED) is 0.793. The molecule has 0 radical (unpaired) electrons. The summed E-state index contributed by atoms with van der Waals surface area (Å²) in [6.45, 7) is 1.66. The summed E-state index contributed by atoms with van der Waals surface area (Å²) in [6, 6.07) is 10.1. The van der Waals surface area contributed by atoms with Gasteiger partial charge in [0.05, 0.1) is 22.6 Å². The number of fused-ring (bicyclic) bond motifs is 1. The van der Waals surface area contributed by atoms with Gasteiger partial charge in [0, 0.05) is 26.0 Å². The molecule has 6 nitrogen and oxygen atoms in total. The van der Waals surface area contributed by atoms with Crippen LogP contribution in [0, 0.1) is 0 Å². The number of aryl methyl sites for hydroxylation is 1. The summed E-state index contributed by atoms with van der Waals surface area (Å²) >= 11 is 0. The average molecular weight is 336 g/mol. The molecule has 1 atom stereocenters. The van der Waals surface area contributed by atoms with Crippen molar-refractivity contribution in [2.45, 2.75) is 25.4 Å². The lowest BCUT2D eigenvalue weighted by Crippen LogP contribution is -2.25. The van der Waals surface area contributed by atoms with Crippen LogP contribution in [0.3, 0.4) is 0 Å². The first-order chi connectivity index (χ1) is 12.1. The van der Waals surface area contributed by atoms with Crippen LogP contribution in [0.15, 0.2) is 42.7 Å². The van der Waals surface area contributed by atoms with Gasteiger partial charge in [0.15, 0.2) is 0 Å². The Labute approximate surface area is 145 Å². The molecule has 1 saturated heterocycles. The highest BCUT2D eigenvalue weighted by molar-refractivity contribution is 5.87. The number of imidazole rings is 1. The summed E-state index contributed by atoms with van der Waals surface area (Å²) in [5, 5.41) is 9.15. The van der Waals surface area contributed by atoms with E-state index in [0.717, 1.165) is 41.8 Å². The van der Waals surface area contributed by atoms with Crippen LogP contribution >= 0.6 is 0 Å². The highest BCUT2D eigenvalue weighted by Crippen LogP contribution is 2.33. The molecular weight excluding hydrogens is 316 g/mol. The van der Waals surface area contributed by atoms with Crippen LogP contribution in [0.4, 0.5) is 0 Å². The highest BCUT2D eigenvalue weighted by atomic mass is 16.4. The van der Waals surface area contributed by atoms with Gasteiger partial charge in [-0.3, -0.25) is 9.88 Å². The predicted molar refractivity (Wildman–Crippen MR) is 94.3 cm³/mol. The van der Waals surface area contributed by atoms with E-state index in [-0.39, 0.29) is 11.6 Å². The first-order valence-electron chi connectivity index (χ1n) is 8.46. The van der Waals surface area contributed by atoms with Gasteiger partial charge in [-0.15, -0.1) is 0 Å². The lowest BCUT2D eigenvalue weighted by Gasteiger charge is -2.24. The number of nitrogens with zero attached hydrogens (tertiary/aromatic N) is 4. The lowest BCUT2D eigenvalue weighted by atomic mass is 10.1. The summed E-state index contributed by atoms with van der Waals surface area (Å²) in [6.07, 6.45) is 5.30. The molecule has 0 aliphatic carbocycles. The van der Waals surface area contributed by atoms with Gasteiger partial charge in [-0.2, -0.15) is 0 Å². The molecule has 25 heavy (non-hydrogen) atoms. The summed E-state index contributed by atoms with van der Waals surface area (Å²) < 4.78 is 2.17. The molecule has 6 heteroatoms. The molecule has 1 fully saturated rings. The molecule has 1 aromatic carbocycles. The van der Waals surface area contributed by atoms with E-state index in [1.165, 1.54) is 6.20 Å². The second kappa shape index (κ2) is 6.29. The Bertz CT molecular complexity index is 934. The van der Waals surface area contributed by atoms with Crippen molar-refractivity contribution < 1.29 is 9.90 Å². The fourth-order valence-corrected chi connectivity index (χ4v) is 3.70. The summed E-state index contributed by atoms with van der Waals surface area (Å²) in [5.41, 5.74) is 3.31. The zero-order valence-electron chi connectivity index (χ0n) is 14.1. The molecule has 1 aliphatic rings. The Balaban J connectivity index is 1.63. The standard InChI is InChI=1S/C19H20N4O2/c1-22-16-6-3-2-5-15(16)21-18(22)17-7-4-8-23(17)12-13-9-14(19(24)25)11-20-10-13/h2-3,5-6,9-11,17H,4,7-8,12H2,1H3,(H,24,25). The van der Waals surface area contributed by atoms with Crippen LogP contribution in [0.2, 0.25) is 0 Å². The van der Waals surface area contributed by atoms with Gasteiger partial charge in [0.1, 0.15) is 5.82 Å². The molecule has 0 bridgehead atoms. The molecule has 0 spiro atoms. The van der Waals surface area contributed by atoms with Gasteiger partial charge in [0.25, 0.3) is 0 Å². The number of hydrogen-bond acceptors (Lipinski definition) is 4. The number of pyridine rings is 1. The van der Waals surface area contributed by atoms with Crippen molar-refractivity contribution in [3.8, 4) is 0 Å². The van der Waals surface area contributed by atoms with Crippen molar-refractivity contribution in [1.82, 2.24) is 19.4 Å². The monoisotopic (exact) mass is 336 g/mol. The Morgan fingerprint density at radius 3 is 2.96 bits per heavy atom. The van der Waals surface area contributed by atoms with Crippen LogP contribution in [-0.2, 0) is 13.6 Å². The number of carboxylic acid groups (broad SMARTS) is 1. The van der Waals surface area contributed by atoms with E-state index in [0.29, 0.717) is 6.54 Å². The number of benzene rings is 1. The summed E-state index contributed by atoms with van der Waals surface area (Å²) in [4.78, 5) is 22.4. The van der Waals surface area contributed by atoms with Crippen LogP contribution in [0.1, 0.15) is 40.6 Å². The van der Waals surface area contributed by atoms with Gasteiger partial charge >= 0.3 is 5.97 Å². The number of aromatic nitrogens is 3. The number of rotatable bonds is 4. The van der Waals surface area contributed by atoms with Gasteiger partial charge in [0.2, 0.25) is 0 Å². The zero-order chi connectivity index (χ0) is 17.4. The Kier molecular flexibility index (Phi) is 3.97. The third-order valence-electron chi connectivity index (χ3n) is 4.91. The summed E-state index contributed by atoms with van der Waals surface area (Å²) in [5.74, 6) is 0.128. The van der Waals surface area contributed by atoms with E-state index in [1.807, 2.05) is 18.2 Å². The highest BCUT2D eigenvalue weighted by Gasteiger charge is 2.30. The first kappa shape index (κ1) is 15.8. The number of likely N-dealkylation sites (tertiary alicyclic amines) is 1. The number of aromatic carboxylic acids is 1. The summed E-state index contributed by atoms with van der Waals surface area (Å²) in [7, 11) is 2.06. The molecule has 4 rings (SSSR count). The van der Waals surface area contributed by atoms with Crippen molar-refractivity contribution in [2.24, 2.45) is 7.05 Å². The maximum Gasteiger partial charge on any atom is 0.337 e. The zero-order valence-corrected chi connectivity index (χ0v) is 14.1. The van der Waals surface area contributed by atoms with E-state index in [1.54, 1.807) is 12.3 Å². The molecule has 1 aliphatic heterocycles. The van der Waals surface area contributed by atoms with E-state index in [9.17, 15) is 4.79 Å². The van der Waals surface area contributed by atoms with Crippen molar-refractivity contribution in [2.75, 3.05) is 6.54 Å². The van der Waals surface area contributed by atoms with Crippen LogP contribution in [0.25, 0.3) is 11.0 Å². The normalized spacial score (nSPS) is 18.0. The van der Waals surface area contributed by atoms with Crippen molar-refractivity contribution >= 4 is 17.0 Å². The van der Waals surface area contributed by atoms with E-state index >= 15 is 0 Å². The van der Waals surface area contributed by atoms with Crippen molar-refractivity contribution in [3.05, 3.63) is 59.7 Å². The maximum absolute atomic E-state index is 11.2. The molecule has 3 aromatic rings. The van der Waals surface area contributed by atoms with Crippen LogP contribution in [0.5, 0.6) is 0 Å². The van der Waals surface area contributed by atoms with E-state index < -0.39 is 5.97 Å². The Morgan fingerprint density at radius 2 is 2.16 bits per heavy atom. The Hall–Kier alpha value is -2.73. The SMILES string of the molecule is Cn1c(C2CCCN2Cc2cncc(C(=O)O)c2)nc2ccccc21. The molecule has 1 N–H and O–H groups in total. The number of carboxylic acids is 1. The van der Waals surface area contributed by atoms with E-state index in [4.69, 9.17) is 10.1 Å². The van der Waals surface area contributed by atoms with Crippen molar-refractivity contribution in [3.63, 3.8) is 0 Å². The largest absolute Gasteiger partial charge is 0.478 e. The Morgan fingerprint density at radius 1 is 1.32 bits per heavy atom. The molecule has 1 unspecified atom stereocenters. The minimum Gasteiger partial charge on any atom is -0.478 e. The fraction of sp³-hybridized carbons (Fsp3) is 0.316. The molecule has 0 amide bonds. The lowest BCUT2D eigenvalue weighted by molar-refractivity contribution is 0.0696. The van der Waals surface area contributed by atoms with Gasteiger partial charge in [-0.1, -0.05) is 12.1 Å². The predicted octanol–water partition coefficient (Wildman–Crippen LogP) is 3.00. The number of hydrogen-bond donors (Lipinski definition) is 1. The smallest absolute Gasteiger partial charge is 0.337 e. The van der Waals surface area contributed by atoms with Crippen molar-refractivity contribution in [1.29, 1.82) is 0 Å². The first-order valence-corrected chi connectivity index (χ1v) is 8.46. The van der Waals surface area contributed by atoms with Gasteiger partial charge in [-0.05, 0) is 43.1 Å². The topological polar surface area (TPSA) is 71.2 Å². The third kappa shape index (κ3) is 2.89. The molecule has 2 aromatic heterocycles. The van der Waals surface area contributed by atoms with E-state index in [2.05, 4.69) is 27.6 Å². The minimum absolute atomic E-state index is 0.232. The molecule has 3 heterocycles.